The second kappa shape index (κ2) is 7.68. The first-order chi connectivity index (χ1) is 12.1. The number of phenolic OH excluding ortho intramolecular Hbond substituents is 1. The van der Waals surface area contributed by atoms with Gasteiger partial charge in [-0.15, -0.1) is 15.0 Å². The lowest BCUT2D eigenvalue weighted by atomic mass is 9.96. The number of aromatic nitrogens is 3. The van der Waals surface area contributed by atoms with Crippen LogP contribution in [0.15, 0.2) is 36.4 Å². The van der Waals surface area contributed by atoms with Crippen molar-refractivity contribution in [2.75, 3.05) is 0 Å². The third-order valence-electron chi connectivity index (χ3n) is 4.62. The molecular weight excluding hydrogens is 310 g/mol. The minimum atomic E-state index is 0.249. The molecule has 1 N–H and O–H groups in total. The molecule has 0 amide bonds. The molecule has 0 aliphatic heterocycles. The van der Waals surface area contributed by atoms with Gasteiger partial charge in [0.15, 0.2) is 0 Å². The Labute approximate surface area is 149 Å². The Hall–Kier alpha value is -2.36. The zero-order valence-corrected chi connectivity index (χ0v) is 15.4. The predicted octanol–water partition coefficient (Wildman–Crippen LogP) is 5.37. The summed E-state index contributed by atoms with van der Waals surface area (Å²) in [5.74, 6) is 0.534. The molecule has 0 saturated heterocycles. The molecule has 2 aromatic carbocycles. The summed E-state index contributed by atoms with van der Waals surface area (Å²) in [7, 11) is 0. The molecule has 4 heteroatoms. The van der Waals surface area contributed by atoms with Gasteiger partial charge in [-0.25, -0.2) is 0 Å². The molecule has 3 aromatic rings. The van der Waals surface area contributed by atoms with E-state index in [1.165, 1.54) is 31.2 Å². The molecule has 0 bridgehead atoms. The third kappa shape index (κ3) is 3.84. The van der Waals surface area contributed by atoms with Crippen LogP contribution in [0.1, 0.15) is 63.5 Å². The topological polar surface area (TPSA) is 50.9 Å². The minimum absolute atomic E-state index is 0.249. The molecule has 0 atom stereocenters. The van der Waals surface area contributed by atoms with Crippen molar-refractivity contribution in [2.24, 2.45) is 0 Å². The number of nitrogens with zero attached hydrogens (tertiary/aromatic N) is 3. The van der Waals surface area contributed by atoms with Gasteiger partial charge in [-0.05, 0) is 48.1 Å². The van der Waals surface area contributed by atoms with Crippen LogP contribution in [-0.4, -0.2) is 20.1 Å². The molecule has 25 heavy (non-hydrogen) atoms. The molecule has 0 spiro atoms. The van der Waals surface area contributed by atoms with Crippen molar-refractivity contribution in [3.05, 3.63) is 47.5 Å². The fourth-order valence-corrected chi connectivity index (χ4v) is 3.16. The molecule has 1 heterocycles. The molecule has 132 valence electrons. The summed E-state index contributed by atoms with van der Waals surface area (Å²) < 4.78 is 0. The van der Waals surface area contributed by atoms with Crippen molar-refractivity contribution >= 4 is 11.0 Å². The van der Waals surface area contributed by atoms with E-state index < -0.39 is 0 Å². The Morgan fingerprint density at radius 1 is 1.00 bits per heavy atom. The zero-order chi connectivity index (χ0) is 17.8. The number of hydrogen-bond acceptors (Lipinski definition) is 3. The summed E-state index contributed by atoms with van der Waals surface area (Å²) in [6, 6.07) is 11.9. The highest BCUT2D eigenvalue weighted by Crippen LogP contribution is 2.33. The first kappa shape index (κ1) is 17.5. The number of aromatic hydroxyl groups is 1. The number of benzene rings is 2. The van der Waals surface area contributed by atoms with Crippen LogP contribution in [0.4, 0.5) is 0 Å². The van der Waals surface area contributed by atoms with Crippen molar-refractivity contribution in [1.82, 2.24) is 15.0 Å². The Morgan fingerprint density at radius 2 is 1.68 bits per heavy atom. The number of fused-ring (bicyclic) bond motifs is 1. The molecule has 0 unspecified atom stereocenters. The monoisotopic (exact) mass is 337 g/mol. The van der Waals surface area contributed by atoms with Gasteiger partial charge >= 0.3 is 0 Å². The summed E-state index contributed by atoms with van der Waals surface area (Å²) in [6.07, 6.45) is 5.95. The van der Waals surface area contributed by atoms with Gasteiger partial charge in [0.05, 0.1) is 0 Å². The third-order valence-corrected chi connectivity index (χ3v) is 4.62. The summed E-state index contributed by atoms with van der Waals surface area (Å²) in [5, 5.41) is 19.9. The zero-order valence-electron chi connectivity index (χ0n) is 15.4. The highest BCUT2D eigenvalue weighted by atomic mass is 16.3. The minimum Gasteiger partial charge on any atom is -0.505 e. The Kier molecular flexibility index (Phi) is 5.37. The quantitative estimate of drug-likeness (QED) is 0.589. The lowest BCUT2D eigenvalue weighted by molar-refractivity contribution is 0.457. The van der Waals surface area contributed by atoms with Crippen LogP contribution in [0.25, 0.3) is 16.7 Å². The van der Waals surface area contributed by atoms with Crippen molar-refractivity contribution in [3.63, 3.8) is 0 Å². The Bertz CT molecular complexity index is 818. The molecule has 3 rings (SSSR count). The van der Waals surface area contributed by atoms with Gasteiger partial charge in [-0.2, -0.15) is 0 Å². The fraction of sp³-hybridized carbons (Fsp3) is 0.429. The van der Waals surface area contributed by atoms with Crippen molar-refractivity contribution in [1.29, 1.82) is 0 Å². The van der Waals surface area contributed by atoms with Crippen LogP contribution in [0.3, 0.4) is 0 Å². The van der Waals surface area contributed by atoms with Gasteiger partial charge in [-0.1, -0.05) is 58.2 Å². The first-order valence-corrected chi connectivity index (χ1v) is 9.28. The van der Waals surface area contributed by atoms with Crippen molar-refractivity contribution in [2.45, 2.75) is 58.8 Å². The van der Waals surface area contributed by atoms with E-state index in [4.69, 9.17) is 0 Å². The molecule has 0 aliphatic carbocycles. The molecule has 0 fully saturated rings. The van der Waals surface area contributed by atoms with Crippen LogP contribution >= 0.6 is 0 Å². The maximum Gasteiger partial charge on any atom is 0.146 e. The maximum absolute atomic E-state index is 10.8. The largest absolute Gasteiger partial charge is 0.505 e. The molecule has 0 aliphatic rings. The van der Waals surface area contributed by atoms with Gasteiger partial charge in [0.1, 0.15) is 22.5 Å². The van der Waals surface area contributed by atoms with Crippen molar-refractivity contribution in [3.8, 4) is 11.4 Å². The van der Waals surface area contributed by atoms with Crippen molar-refractivity contribution < 1.29 is 5.11 Å². The standard InChI is InChI=1S/C21H27N3O/c1-4-5-6-7-10-16-13-17(15(2)3)21(25)20(14-16)24-22-18-11-8-9-12-19(18)23-24/h8-9,11-15,25H,4-7,10H2,1-3H3. The highest BCUT2D eigenvalue weighted by Gasteiger charge is 2.16. The fourth-order valence-electron chi connectivity index (χ4n) is 3.16. The number of rotatable bonds is 7. The van der Waals surface area contributed by atoms with Gasteiger partial charge < -0.3 is 5.11 Å². The predicted molar refractivity (Wildman–Crippen MR) is 102 cm³/mol. The average molecular weight is 337 g/mol. The summed E-state index contributed by atoms with van der Waals surface area (Å²) >= 11 is 0. The second-order valence-electron chi connectivity index (χ2n) is 7.00. The molecule has 4 nitrogen and oxygen atoms in total. The first-order valence-electron chi connectivity index (χ1n) is 9.28. The van der Waals surface area contributed by atoms with Gasteiger partial charge in [0.25, 0.3) is 0 Å². The Balaban J connectivity index is 1.99. The number of hydrogen-bond donors (Lipinski definition) is 1. The molecule has 0 saturated carbocycles. The Morgan fingerprint density at radius 3 is 2.28 bits per heavy atom. The lowest BCUT2D eigenvalue weighted by Crippen LogP contribution is -2.04. The highest BCUT2D eigenvalue weighted by molar-refractivity contribution is 5.73. The molecule has 0 radical (unpaired) electrons. The second-order valence-corrected chi connectivity index (χ2v) is 7.00. The average Bonchev–Trinajstić information content (AvgIpc) is 3.03. The summed E-state index contributed by atoms with van der Waals surface area (Å²) in [4.78, 5) is 1.57. The summed E-state index contributed by atoms with van der Waals surface area (Å²) in [6.45, 7) is 6.43. The molecule has 1 aromatic heterocycles. The van der Waals surface area contributed by atoms with E-state index in [2.05, 4.69) is 37.0 Å². The van der Waals surface area contributed by atoms with Crippen LogP contribution < -0.4 is 0 Å². The summed E-state index contributed by atoms with van der Waals surface area (Å²) in [5.41, 5.74) is 4.55. The van der Waals surface area contributed by atoms with E-state index in [1.54, 1.807) is 4.80 Å². The van der Waals surface area contributed by atoms with E-state index in [9.17, 15) is 5.11 Å². The van der Waals surface area contributed by atoms with Gasteiger partial charge in [0, 0.05) is 0 Å². The van der Waals surface area contributed by atoms with Gasteiger partial charge in [0.2, 0.25) is 0 Å². The number of aryl methyl sites for hydroxylation is 1. The smallest absolute Gasteiger partial charge is 0.146 e. The van der Waals surface area contributed by atoms with Crippen LogP contribution in [0, 0.1) is 0 Å². The van der Waals surface area contributed by atoms with E-state index in [0.717, 1.165) is 23.0 Å². The van der Waals surface area contributed by atoms with Crippen LogP contribution in [0.2, 0.25) is 0 Å². The normalized spacial score (nSPS) is 11.5. The van der Waals surface area contributed by atoms with Crippen LogP contribution in [0.5, 0.6) is 5.75 Å². The SMILES string of the molecule is CCCCCCc1cc(C(C)C)c(O)c(-n2nc3ccccc3n2)c1. The van der Waals surface area contributed by atoms with E-state index in [1.807, 2.05) is 30.3 Å². The lowest BCUT2D eigenvalue weighted by Gasteiger charge is -2.15. The number of unbranched alkanes of at least 4 members (excludes halogenated alkanes) is 3. The maximum atomic E-state index is 10.8. The van der Waals surface area contributed by atoms with Gasteiger partial charge in [-0.3, -0.25) is 0 Å². The van der Waals surface area contributed by atoms with Crippen LogP contribution in [-0.2, 0) is 6.42 Å². The van der Waals surface area contributed by atoms with E-state index in [0.29, 0.717) is 5.69 Å². The molecular formula is C21H27N3O. The van der Waals surface area contributed by atoms with E-state index in [-0.39, 0.29) is 11.7 Å². The number of phenols is 1. The van der Waals surface area contributed by atoms with E-state index >= 15 is 0 Å².